The van der Waals surface area contributed by atoms with Gasteiger partial charge in [-0.3, -0.25) is 4.79 Å². The Balaban J connectivity index is 1.98. The Labute approximate surface area is 192 Å². The van der Waals surface area contributed by atoms with Gasteiger partial charge in [-0.1, -0.05) is 29.6 Å². The van der Waals surface area contributed by atoms with Crippen LogP contribution in [0.4, 0.5) is 0 Å². The first-order chi connectivity index (χ1) is 15.2. The molecule has 32 heavy (non-hydrogen) atoms. The maximum absolute atomic E-state index is 12.9. The maximum Gasteiger partial charge on any atom is 0.279 e. The molecule has 168 valence electrons. The van der Waals surface area contributed by atoms with E-state index in [1.165, 1.54) is 52.1 Å². The molecular formula is C24H27N3O3S2. The van der Waals surface area contributed by atoms with E-state index >= 15 is 0 Å². The lowest BCUT2D eigenvalue weighted by Gasteiger charge is -2.19. The van der Waals surface area contributed by atoms with Gasteiger partial charge in [0, 0.05) is 25.2 Å². The average Bonchev–Trinajstić information content (AvgIpc) is 3.10. The van der Waals surface area contributed by atoms with Crippen LogP contribution in [0.25, 0.3) is 10.2 Å². The predicted octanol–water partition coefficient (Wildman–Crippen LogP) is 4.44. The number of sulfonamides is 1. The van der Waals surface area contributed by atoms with Crippen molar-refractivity contribution in [1.82, 2.24) is 8.87 Å². The smallest absolute Gasteiger partial charge is 0.279 e. The normalized spacial score (nSPS) is 12.4. The van der Waals surface area contributed by atoms with Crippen LogP contribution in [0.2, 0.25) is 0 Å². The highest BCUT2D eigenvalue weighted by Gasteiger charge is 2.22. The second-order valence-electron chi connectivity index (χ2n) is 7.40. The molecule has 0 aliphatic carbocycles. The summed E-state index contributed by atoms with van der Waals surface area (Å²) in [6.07, 6.45) is 3.05. The third-order valence-electron chi connectivity index (χ3n) is 5.03. The van der Waals surface area contributed by atoms with Crippen LogP contribution in [0.1, 0.15) is 28.4 Å². The van der Waals surface area contributed by atoms with E-state index in [-0.39, 0.29) is 18.0 Å². The molecule has 0 fully saturated rings. The zero-order valence-corrected chi connectivity index (χ0v) is 20.2. The molecule has 1 aromatic heterocycles. The number of aryl methyl sites for hydroxylation is 3. The van der Waals surface area contributed by atoms with Crippen molar-refractivity contribution < 1.29 is 13.2 Å². The van der Waals surface area contributed by atoms with E-state index in [1.54, 1.807) is 0 Å². The van der Waals surface area contributed by atoms with E-state index < -0.39 is 15.9 Å². The monoisotopic (exact) mass is 469 g/mol. The molecule has 0 saturated carbocycles. The lowest BCUT2D eigenvalue weighted by atomic mass is 10.1. The van der Waals surface area contributed by atoms with Gasteiger partial charge in [-0.15, -0.1) is 13.2 Å². The van der Waals surface area contributed by atoms with E-state index in [9.17, 15) is 13.2 Å². The van der Waals surface area contributed by atoms with Gasteiger partial charge in [-0.25, -0.2) is 8.42 Å². The minimum atomic E-state index is -3.72. The van der Waals surface area contributed by atoms with Crippen molar-refractivity contribution in [3.63, 3.8) is 0 Å². The molecular weight excluding hydrogens is 442 g/mol. The summed E-state index contributed by atoms with van der Waals surface area (Å²) < 4.78 is 30.1. The van der Waals surface area contributed by atoms with Crippen LogP contribution in [0.15, 0.2) is 71.6 Å². The van der Waals surface area contributed by atoms with E-state index in [1.807, 2.05) is 18.4 Å². The number of carbonyl (C=O) groups excluding carboxylic acids is 1. The van der Waals surface area contributed by atoms with Crippen molar-refractivity contribution in [3.8, 4) is 0 Å². The molecule has 0 atom stereocenters. The van der Waals surface area contributed by atoms with Gasteiger partial charge in [0.25, 0.3) is 5.91 Å². The van der Waals surface area contributed by atoms with Gasteiger partial charge < -0.3 is 4.57 Å². The highest BCUT2D eigenvalue weighted by Crippen LogP contribution is 2.23. The highest BCUT2D eigenvalue weighted by atomic mass is 32.2. The second-order valence-corrected chi connectivity index (χ2v) is 10.3. The number of rotatable bonds is 8. The van der Waals surface area contributed by atoms with Gasteiger partial charge in [-0.2, -0.15) is 9.30 Å². The lowest BCUT2D eigenvalue weighted by Crippen LogP contribution is -2.31. The highest BCUT2D eigenvalue weighted by molar-refractivity contribution is 7.89. The zero-order valence-electron chi connectivity index (χ0n) is 18.5. The van der Waals surface area contributed by atoms with Crippen LogP contribution >= 0.6 is 11.3 Å². The summed E-state index contributed by atoms with van der Waals surface area (Å²) >= 11 is 1.48. The molecule has 0 spiro atoms. The summed E-state index contributed by atoms with van der Waals surface area (Å²) in [5.41, 5.74) is 3.70. The van der Waals surface area contributed by atoms with Crippen LogP contribution in [-0.4, -0.2) is 36.3 Å². The van der Waals surface area contributed by atoms with Crippen molar-refractivity contribution in [2.45, 2.75) is 32.2 Å². The number of hydrogen-bond donors (Lipinski definition) is 0. The van der Waals surface area contributed by atoms with E-state index in [0.717, 1.165) is 21.3 Å². The number of fused-ring (bicyclic) bond motifs is 1. The molecule has 0 aliphatic rings. The minimum absolute atomic E-state index is 0.106. The third kappa shape index (κ3) is 4.67. The quantitative estimate of drug-likeness (QED) is 0.458. The molecule has 0 radical (unpaired) electrons. The fraction of sp³-hybridized carbons (Fsp3) is 0.250. The number of hydrogen-bond acceptors (Lipinski definition) is 4. The summed E-state index contributed by atoms with van der Waals surface area (Å²) in [5, 5.41) is 0. The van der Waals surface area contributed by atoms with Gasteiger partial charge in [0.1, 0.15) is 0 Å². The molecule has 0 N–H and O–H groups in total. The molecule has 0 aliphatic heterocycles. The second kappa shape index (κ2) is 9.77. The topological polar surface area (TPSA) is 71.7 Å². The van der Waals surface area contributed by atoms with Gasteiger partial charge in [0.2, 0.25) is 10.0 Å². The van der Waals surface area contributed by atoms with Crippen molar-refractivity contribution in [2.24, 2.45) is 4.99 Å². The number of aromatic nitrogens is 1. The minimum Gasteiger partial charge on any atom is -0.317 e. The summed E-state index contributed by atoms with van der Waals surface area (Å²) in [7, 11) is -3.72. The standard InChI is InChI=1S/C24H27N3O3S2/c1-6-13-26(14-7-2)32(29,30)20-11-9-19(10-12-20)23(28)25-24-27(8-3)21-16-17(4)15-18(5)22(21)31-24/h6-7,9-12,15-16H,1-2,8,13-14H2,3-5H3. The van der Waals surface area contributed by atoms with E-state index in [0.29, 0.717) is 16.9 Å². The van der Waals surface area contributed by atoms with Crippen LogP contribution < -0.4 is 4.80 Å². The maximum atomic E-state index is 12.9. The molecule has 1 amide bonds. The summed E-state index contributed by atoms with van der Waals surface area (Å²) in [6.45, 7) is 14.4. The van der Waals surface area contributed by atoms with Crippen molar-refractivity contribution in [3.05, 3.63) is 83.2 Å². The Morgan fingerprint density at radius 3 is 2.31 bits per heavy atom. The Bertz CT molecular complexity index is 1340. The van der Waals surface area contributed by atoms with Crippen LogP contribution in [-0.2, 0) is 16.6 Å². The number of benzene rings is 2. The van der Waals surface area contributed by atoms with Gasteiger partial charge in [0.05, 0.1) is 15.1 Å². The SMILES string of the molecule is C=CCN(CC=C)S(=O)(=O)c1ccc(C(=O)N=c2sc3c(C)cc(C)cc3n2CC)cc1. The Hall–Kier alpha value is -2.81. The third-order valence-corrected chi connectivity index (χ3v) is 8.11. The first-order valence-electron chi connectivity index (χ1n) is 10.2. The van der Waals surface area contributed by atoms with Crippen molar-refractivity contribution >= 4 is 37.5 Å². The van der Waals surface area contributed by atoms with Gasteiger partial charge in [0.15, 0.2) is 4.80 Å². The molecule has 0 unspecified atom stereocenters. The first-order valence-corrected chi connectivity index (χ1v) is 12.5. The molecule has 8 heteroatoms. The summed E-state index contributed by atoms with van der Waals surface area (Å²) in [5.74, 6) is -0.411. The van der Waals surface area contributed by atoms with Crippen LogP contribution in [0, 0.1) is 13.8 Å². The molecule has 0 bridgehead atoms. The zero-order chi connectivity index (χ0) is 23.5. The van der Waals surface area contributed by atoms with Crippen molar-refractivity contribution in [1.29, 1.82) is 0 Å². The Morgan fingerprint density at radius 1 is 1.12 bits per heavy atom. The number of nitrogens with zero attached hydrogens (tertiary/aromatic N) is 3. The fourth-order valence-corrected chi connectivity index (χ4v) is 6.06. The Kier molecular flexibility index (Phi) is 7.28. The fourth-order valence-electron chi connectivity index (χ4n) is 3.53. The molecule has 6 nitrogen and oxygen atoms in total. The first kappa shape index (κ1) is 23.8. The van der Waals surface area contributed by atoms with Crippen LogP contribution in [0.5, 0.6) is 0 Å². The number of amides is 1. The molecule has 1 heterocycles. The predicted molar refractivity (Wildman–Crippen MR) is 130 cm³/mol. The van der Waals surface area contributed by atoms with E-state index in [2.05, 4.69) is 37.2 Å². The lowest BCUT2D eigenvalue weighted by molar-refractivity contribution is 0.0997. The molecule has 3 aromatic rings. The number of thiazole rings is 1. The van der Waals surface area contributed by atoms with Gasteiger partial charge in [-0.05, 0) is 62.2 Å². The molecule has 2 aromatic carbocycles. The Morgan fingerprint density at radius 2 is 1.75 bits per heavy atom. The molecule has 3 rings (SSSR count). The summed E-state index contributed by atoms with van der Waals surface area (Å²) in [6, 6.07) is 10.1. The molecule has 0 saturated heterocycles. The average molecular weight is 470 g/mol. The van der Waals surface area contributed by atoms with Gasteiger partial charge >= 0.3 is 0 Å². The largest absolute Gasteiger partial charge is 0.317 e. The summed E-state index contributed by atoms with van der Waals surface area (Å²) in [4.78, 5) is 17.9. The van der Waals surface area contributed by atoms with Crippen molar-refractivity contribution in [2.75, 3.05) is 13.1 Å². The van der Waals surface area contributed by atoms with Crippen LogP contribution in [0.3, 0.4) is 0 Å². The number of carbonyl (C=O) groups is 1. The van der Waals surface area contributed by atoms with E-state index in [4.69, 9.17) is 0 Å².